The van der Waals surface area contributed by atoms with Crippen molar-refractivity contribution in [1.82, 2.24) is 5.32 Å². The number of amides is 1. The van der Waals surface area contributed by atoms with Gasteiger partial charge in [0.25, 0.3) is 5.91 Å². The number of carboxylic acids is 1. The van der Waals surface area contributed by atoms with E-state index in [0.29, 0.717) is 11.5 Å². The van der Waals surface area contributed by atoms with E-state index in [0.717, 1.165) is 5.75 Å². The van der Waals surface area contributed by atoms with Gasteiger partial charge >= 0.3 is 0 Å². The van der Waals surface area contributed by atoms with Crippen LogP contribution < -0.4 is 19.9 Å². The van der Waals surface area contributed by atoms with Crippen molar-refractivity contribution in [2.45, 2.75) is 19.9 Å². The van der Waals surface area contributed by atoms with Crippen LogP contribution in [-0.4, -0.2) is 24.5 Å². The van der Waals surface area contributed by atoms with Crippen molar-refractivity contribution in [2.24, 2.45) is 5.92 Å². The Morgan fingerprint density at radius 1 is 0.960 bits per heavy atom. The average molecular weight is 342 g/mol. The molecule has 0 saturated carbocycles. The maximum absolute atomic E-state index is 11.8. The fraction of sp³-hybridized carbons (Fsp3) is 0.263. The molecular formula is C19H20NO5-. The van der Waals surface area contributed by atoms with Gasteiger partial charge in [0.1, 0.15) is 17.2 Å². The molecule has 1 N–H and O–H groups in total. The van der Waals surface area contributed by atoms with Gasteiger partial charge in [-0.05, 0) is 42.3 Å². The van der Waals surface area contributed by atoms with Crippen LogP contribution in [0, 0.1) is 5.92 Å². The van der Waals surface area contributed by atoms with Crippen molar-refractivity contribution < 1.29 is 24.2 Å². The number of ether oxygens (including phenoxy) is 2. The standard InChI is InChI=1S/C19H21NO5/c1-13(2)18(19(22)23)20-17(21)12-24-14-8-10-16(11-9-14)25-15-6-4-3-5-7-15/h3-11,13,18H,12H2,1-2H3,(H,20,21)(H,22,23)/p-1/t18-/m0/s1. The van der Waals surface area contributed by atoms with Crippen LogP contribution in [-0.2, 0) is 9.59 Å². The van der Waals surface area contributed by atoms with Gasteiger partial charge in [0, 0.05) is 0 Å². The molecule has 0 aliphatic rings. The third-order valence-corrected chi connectivity index (χ3v) is 3.41. The van der Waals surface area contributed by atoms with Gasteiger partial charge in [-0.25, -0.2) is 0 Å². The third kappa shape index (κ3) is 5.84. The molecule has 2 aromatic rings. The van der Waals surface area contributed by atoms with E-state index < -0.39 is 17.9 Å². The summed E-state index contributed by atoms with van der Waals surface area (Å²) in [5.74, 6) is -0.274. The molecule has 0 bridgehead atoms. The second-order valence-corrected chi connectivity index (χ2v) is 5.78. The second kappa shape index (κ2) is 8.73. The van der Waals surface area contributed by atoms with Crippen LogP contribution in [0.2, 0.25) is 0 Å². The van der Waals surface area contributed by atoms with Gasteiger partial charge in [0.2, 0.25) is 0 Å². The largest absolute Gasteiger partial charge is 0.548 e. The molecule has 6 heteroatoms. The van der Waals surface area contributed by atoms with E-state index in [1.807, 2.05) is 30.3 Å². The van der Waals surface area contributed by atoms with E-state index >= 15 is 0 Å². The monoisotopic (exact) mass is 342 g/mol. The van der Waals surface area contributed by atoms with Gasteiger partial charge in [-0.15, -0.1) is 0 Å². The van der Waals surface area contributed by atoms with Crippen LogP contribution in [0.5, 0.6) is 17.2 Å². The van der Waals surface area contributed by atoms with Crippen molar-refractivity contribution in [3.8, 4) is 17.2 Å². The van der Waals surface area contributed by atoms with Crippen LogP contribution in [0.15, 0.2) is 54.6 Å². The second-order valence-electron chi connectivity index (χ2n) is 5.78. The number of aliphatic carboxylic acids is 1. The highest BCUT2D eigenvalue weighted by molar-refractivity contribution is 5.83. The number of hydrogen-bond acceptors (Lipinski definition) is 5. The Bertz CT molecular complexity index is 698. The molecule has 0 spiro atoms. The smallest absolute Gasteiger partial charge is 0.258 e. The van der Waals surface area contributed by atoms with Gasteiger partial charge in [-0.2, -0.15) is 0 Å². The van der Waals surface area contributed by atoms with Gasteiger partial charge in [0.05, 0.1) is 12.0 Å². The predicted octanol–water partition coefficient (Wildman–Crippen LogP) is 1.75. The van der Waals surface area contributed by atoms with Crippen molar-refractivity contribution in [1.29, 1.82) is 0 Å². The maximum atomic E-state index is 11.8. The maximum Gasteiger partial charge on any atom is 0.258 e. The van der Waals surface area contributed by atoms with Gasteiger partial charge in [-0.1, -0.05) is 32.0 Å². The number of carboxylic acid groups (broad SMARTS) is 1. The van der Waals surface area contributed by atoms with E-state index in [1.54, 1.807) is 38.1 Å². The van der Waals surface area contributed by atoms with Crippen molar-refractivity contribution in [3.05, 3.63) is 54.6 Å². The number of para-hydroxylation sites is 1. The molecule has 6 nitrogen and oxygen atoms in total. The first-order valence-electron chi connectivity index (χ1n) is 7.91. The minimum absolute atomic E-state index is 0.275. The van der Waals surface area contributed by atoms with E-state index in [1.165, 1.54) is 0 Å². The number of carbonyl (C=O) groups excluding carboxylic acids is 2. The zero-order valence-electron chi connectivity index (χ0n) is 14.1. The third-order valence-electron chi connectivity index (χ3n) is 3.41. The van der Waals surface area contributed by atoms with Crippen LogP contribution in [0.3, 0.4) is 0 Å². The number of hydrogen-bond donors (Lipinski definition) is 1. The summed E-state index contributed by atoms with van der Waals surface area (Å²) in [7, 11) is 0. The molecule has 0 aromatic heterocycles. The fourth-order valence-corrected chi connectivity index (χ4v) is 2.09. The van der Waals surface area contributed by atoms with Crippen LogP contribution in [0.25, 0.3) is 0 Å². The Labute approximate surface area is 146 Å². The van der Waals surface area contributed by atoms with E-state index in [2.05, 4.69) is 5.32 Å². The Balaban J connectivity index is 1.85. The SMILES string of the molecule is CC(C)[C@H](NC(=O)COc1ccc(Oc2ccccc2)cc1)C(=O)[O-]. The average Bonchev–Trinajstić information content (AvgIpc) is 2.59. The van der Waals surface area contributed by atoms with Gasteiger partial charge in [0.15, 0.2) is 6.61 Å². The highest BCUT2D eigenvalue weighted by Crippen LogP contribution is 2.23. The first kappa shape index (κ1) is 18.3. The van der Waals surface area contributed by atoms with Crippen LogP contribution >= 0.6 is 0 Å². The van der Waals surface area contributed by atoms with E-state index in [4.69, 9.17) is 9.47 Å². The summed E-state index contributed by atoms with van der Waals surface area (Å²) in [6.45, 7) is 3.09. The summed E-state index contributed by atoms with van der Waals surface area (Å²) >= 11 is 0. The Kier molecular flexibility index (Phi) is 6.39. The predicted molar refractivity (Wildman–Crippen MR) is 90.2 cm³/mol. The number of nitrogens with one attached hydrogen (secondary N) is 1. The summed E-state index contributed by atoms with van der Waals surface area (Å²) in [5.41, 5.74) is 0. The fourth-order valence-electron chi connectivity index (χ4n) is 2.09. The van der Waals surface area contributed by atoms with Crippen molar-refractivity contribution >= 4 is 11.9 Å². The lowest BCUT2D eigenvalue weighted by molar-refractivity contribution is -0.309. The topological polar surface area (TPSA) is 87.7 Å². The minimum atomic E-state index is -1.31. The molecule has 132 valence electrons. The highest BCUT2D eigenvalue weighted by atomic mass is 16.5. The normalized spacial score (nSPS) is 11.6. The summed E-state index contributed by atoms with van der Waals surface area (Å²) in [6, 6.07) is 15.1. The van der Waals surface area contributed by atoms with Gasteiger partial charge < -0.3 is 24.7 Å². The number of carbonyl (C=O) groups is 2. The van der Waals surface area contributed by atoms with Crippen molar-refractivity contribution in [2.75, 3.05) is 6.61 Å². The summed E-state index contributed by atoms with van der Waals surface area (Å²) < 4.78 is 11.0. The van der Waals surface area contributed by atoms with Crippen LogP contribution in [0.4, 0.5) is 0 Å². The zero-order valence-corrected chi connectivity index (χ0v) is 14.1. The summed E-state index contributed by atoms with van der Waals surface area (Å²) in [6.07, 6.45) is 0. The highest BCUT2D eigenvalue weighted by Gasteiger charge is 2.17. The first-order valence-corrected chi connectivity index (χ1v) is 7.91. The number of rotatable bonds is 8. The molecule has 25 heavy (non-hydrogen) atoms. The summed E-state index contributed by atoms with van der Waals surface area (Å²) in [4.78, 5) is 22.7. The Morgan fingerprint density at radius 3 is 2.08 bits per heavy atom. The molecule has 0 saturated heterocycles. The quantitative estimate of drug-likeness (QED) is 0.790. The van der Waals surface area contributed by atoms with Crippen LogP contribution in [0.1, 0.15) is 13.8 Å². The lowest BCUT2D eigenvalue weighted by Gasteiger charge is -2.23. The molecule has 0 aliphatic heterocycles. The molecule has 1 amide bonds. The minimum Gasteiger partial charge on any atom is -0.548 e. The molecular weight excluding hydrogens is 322 g/mol. The molecule has 0 unspecified atom stereocenters. The lowest BCUT2D eigenvalue weighted by atomic mass is 10.1. The summed E-state index contributed by atoms with van der Waals surface area (Å²) in [5, 5.41) is 13.3. The zero-order chi connectivity index (χ0) is 18.2. The molecule has 2 rings (SSSR count). The molecule has 0 radical (unpaired) electrons. The lowest BCUT2D eigenvalue weighted by Crippen LogP contribution is -2.51. The molecule has 2 aromatic carbocycles. The molecule has 0 fully saturated rings. The van der Waals surface area contributed by atoms with E-state index in [9.17, 15) is 14.7 Å². The molecule has 1 atom stereocenters. The van der Waals surface area contributed by atoms with Gasteiger partial charge in [-0.3, -0.25) is 4.79 Å². The van der Waals surface area contributed by atoms with E-state index in [-0.39, 0.29) is 12.5 Å². The first-order chi connectivity index (χ1) is 12.0. The Hall–Kier alpha value is -3.02. The molecule has 0 heterocycles. The number of benzene rings is 2. The Morgan fingerprint density at radius 2 is 1.52 bits per heavy atom. The van der Waals surface area contributed by atoms with Crippen molar-refractivity contribution in [3.63, 3.8) is 0 Å². The molecule has 0 aliphatic carbocycles.